The van der Waals surface area contributed by atoms with Crippen LogP contribution in [0.25, 0.3) is 0 Å². The van der Waals surface area contributed by atoms with Gasteiger partial charge in [-0.2, -0.15) is 0 Å². The third-order valence-electron chi connectivity index (χ3n) is 5.15. The molecule has 4 heteroatoms. The van der Waals surface area contributed by atoms with Crippen LogP contribution in [0.15, 0.2) is 12.7 Å². The second kappa shape index (κ2) is 5.86. The van der Waals surface area contributed by atoms with Crippen LogP contribution in [0.2, 0.25) is 0 Å². The lowest BCUT2D eigenvalue weighted by Crippen LogP contribution is -2.49. The first-order valence-electron chi connectivity index (χ1n) is 7.94. The van der Waals surface area contributed by atoms with Gasteiger partial charge in [-0.05, 0) is 38.1 Å². The summed E-state index contributed by atoms with van der Waals surface area (Å²) in [5, 5.41) is 0. The van der Waals surface area contributed by atoms with Crippen LogP contribution in [-0.4, -0.2) is 61.6 Å². The van der Waals surface area contributed by atoms with E-state index >= 15 is 0 Å². The molecule has 3 fully saturated rings. The molecule has 3 aliphatic heterocycles. The Morgan fingerprint density at radius 1 is 1.40 bits per heavy atom. The number of amides is 1. The zero-order valence-corrected chi connectivity index (χ0v) is 12.4. The molecule has 20 heavy (non-hydrogen) atoms. The van der Waals surface area contributed by atoms with Gasteiger partial charge in [0.2, 0.25) is 5.91 Å². The lowest BCUT2D eigenvalue weighted by molar-refractivity contribution is -0.138. The number of likely N-dealkylation sites (tertiary alicyclic amines) is 2. The van der Waals surface area contributed by atoms with Crippen molar-refractivity contribution in [3.63, 3.8) is 0 Å². The van der Waals surface area contributed by atoms with Gasteiger partial charge in [0.25, 0.3) is 0 Å². The van der Waals surface area contributed by atoms with Gasteiger partial charge < -0.3 is 14.5 Å². The number of hydrogen-bond donors (Lipinski definition) is 0. The van der Waals surface area contributed by atoms with E-state index in [4.69, 9.17) is 4.74 Å². The molecule has 112 valence electrons. The molecule has 0 aromatic carbocycles. The maximum absolute atomic E-state index is 12.7. The van der Waals surface area contributed by atoms with Crippen molar-refractivity contribution in [2.45, 2.75) is 25.7 Å². The molecule has 0 N–H and O–H groups in total. The average molecular weight is 278 g/mol. The molecule has 0 unspecified atom stereocenters. The van der Waals surface area contributed by atoms with E-state index in [1.54, 1.807) is 0 Å². The van der Waals surface area contributed by atoms with Crippen molar-refractivity contribution in [2.24, 2.45) is 11.3 Å². The highest BCUT2D eigenvalue weighted by molar-refractivity contribution is 5.85. The van der Waals surface area contributed by atoms with E-state index in [0.717, 1.165) is 58.7 Å². The summed E-state index contributed by atoms with van der Waals surface area (Å²) >= 11 is 0. The molecule has 0 radical (unpaired) electrons. The smallest absolute Gasteiger partial charge is 0.230 e. The molecule has 0 aromatic rings. The largest absolute Gasteiger partial charge is 0.381 e. The van der Waals surface area contributed by atoms with E-state index in [-0.39, 0.29) is 5.41 Å². The van der Waals surface area contributed by atoms with Gasteiger partial charge in [0.1, 0.15) is 0 Å². The van der Waals surface area contributed by atoms with E-state index in [9.17, 15) is 4.79 Å². The Hall–Kier alpha value is -0.870. The molecule has 3 rings (SSSR count). The standard InChI is InChI=1S/C16H26N2O2/c1-2-7-18-9-6-16(15(18)19)5-3-8-17(13-16)11-14-4-10-20-12-14/h2,14H,1,3-13H2/t14-,16-/m0/s1. The average Bonchev–Trinajstić information content (AvgIpc) is 3.04. The van der Waals surface area contributed by atoms with Gasteiger partial charge in [-0.15, -0.1) is 6.58 Å². The molecule has 0 aromatic heterocycles. The van der Waals surface area contributed by atoms with Crippen molar-refractivity contribution < 1.29 is 9.53 Å². The van der Waals surface area contributed by atoms with Crippen LogP contribution >= 0.6 is 0 Å². The first-order valence-corrected chi connectivity index (χ1v) is 7.94. The molecule has 3 heterocycles. The summed E-state index contributed by atoms with van der Waals surface area (Å²) in [6, 6.07) is 0. The molecule has 1 amide bonds. The van der Waals surface area contributed by atoms with E-state index in [1.165, 1.54) is 6.42 Å². The number of hydrogen-bond acceptors (Lipinski definition) is 3. The van der Waals surface area contributed by atoms with Crippen LogP contribution in [-0.2, 0) is 9.53 Å². The quantitative estimate of drug-likeness (QED) is 0.731. The molecular weight excluding hydrogens is 252 g/mol. The highest BCUT2D eigenvalue weighted by Crippen LogP contribution is 2.40. The van der Waals surface area contributed by atoms with E-state index in [0.29, 0.717) is 18.4 Å². The number of piperidine rings is 1. The van der Waals surface area contributed by atoms with Crippen LogP contribution < -0.4 is 0 Å². The third kappa shape index (κ3) is 2.63. The third-order valence-corrected chi connectivity index (χ3v) is 5.15. The molecule has 3 saturated heterocycles. The van der Waals surface area contributed by atoms with Crippen molar-refractivity contribution in [3.8, 4) is 0 Å². The topological polar surface area (TPSA) is 32.8 Å². The van der Waals surface area contributed by atoms with Gasteiger partial charge in [-0.1, -0.05) is 6.08 Å². The van der Waals surface area contributed by atoms with Crippen LogP contribution in [0.4, 0.5) is 0 Å². The van der Waals surface area contributed by atoms with Gasteiger partial charge in [0.05, 0.1) is 12.0 Å². The Morgan fingerprint density at radius 3 is 3.05 bits per heavy atom. The van der Waals surface area contributed by atoms with E-state index in [1.807, 2.05) is 11.0 Å². The molecule has 1 spiro atoms. The molecule has 0 bridgehead atoms. The van der Waals surface area contributed by atoms with Crippen LogP contribution in [0.5, 0.6) is 0 Å². The van der Waals surface area contributed by atoms with Gasteiger partial charge >= 0.3 is 0 Å². The minimum atomic E-state index is -0.0965. The van der Waals surface area contributed by atoms with Gasteiger partial charge in [-0.3, -0.25) is 4.79 Å². The number of ether oxygens (including phenoxy) is 1. The van der Waals surface area contributed by atoms with Crippen LogP contribution in [0.3, 0.4) is 0 Å². The Morgan fingerprint density at radius 2 is 2.30 bits per heavy atom. The molecule has 3 aliphatic rings. The first-order chi connectivity index (χ1) is 9.73. The second-order valence-electron chi connectivity index (χ2n) is 6.64. The van der Waals surface area contributed by atoms with Crippen molar-refractivity contribution >= 4 is 5.91 Å². The summed E-state index contributed by atoms with van der Waals surface area (Å²) < 4.78 is 5.47. The Labute approximate surface area is 121 Å². The van der Waals surface area contributed by atoms with Gasteiger partial charge in [0.15, 0.2) is 0 Å². The summed E-state index contributed by atoms with van der Waals surface area (Å²) in [7, 11) is 0. The maximum atomic E-state index is 12.7. The fourth-order valence-corrected chi connectivity index (χ4v) is 4.08. The summed E-state index contributed by atoms with van der Waals surface area (Å²) in [6.45, 7) is 10.4. The lowest BCUT2D eigenvalue weighted by Gasteiger charge is -2.39. The highest BCUT2D eigenvalue weighted by Gasteiger charge is 2.48. The number of nitrogens with zero attached hydrogens (tertiary/aromatic N) is 2. The predicted octanol–water partition coefficient (Wildman–Crippen LogP) is 1.52. The normalized spacial score (nSPS) is 35.1. The second-order valence-corrected chi connectivity index (χ2v) is 6.64. The number of carbonyl (C=O) groups is 1. The molecule has 0 saturated carbocycles. The van der Waals surface area contributed by atoms with Gasteiger partial charge in [0, 0.05) is 32.8 Å². The zero-order valence-electron chi connectivity index (χ0n) is 12.4. The SMILES string of the molecule is C=CCN1CC[C@]2(CCCN(C[C@@H]3CCOC3)C2)C1=O. The van der Waals surface area contributed by atoms with E-state index < -0.39 is 0 Å². The molecule has 0 aliphatic carbocycles. The highest BCUT2D eigenvalue weighted by atomic mass is 16.5. The van der Waals surface area contributed by atoms with Gasteiger partial charge in [-0.25, -0.2) is 0 Å². The summed E-state index contributed by atoms with van der Waals surface area (Å²) in [5.41, 5.74) is -0.0965. The number of rotatable bonds is 4. The summed E-state index contributed by atoms with van der Waals surface area (Å²) in [5.74, 6) is 1.04. The summed E-state index contributed by atoms with van der Waals surface area (Å²) in [4.78, 5) is 17.2. The first kappa shape index (κ1) is 14.1. The molecule has 4 nitrogen and oxygen atoms in total. The minimum absolute atomic E-state index is 0.0965. The predicted molar refractivity (Wildman–Crippen MR) is 78.4 cm³/mol. The van der Waals surface area contributed by atoms with Crippen molar-refractivity contribution in [2.75, 3.05) is 45.9 Å². The lowest BCUT2D eigenvalue weighted by atomic mass is 9.78. The van der Waals surface area contributed by atoms with Crippen molar-refractivity contribution in [1.82, 2.24) is 9.80 Å². The van der Waals surface area contributed by atoms with Crippen molar-refractivity contribution in [1.29, 1.82) is 0 Å². The Kier molecular flexibility index (Phi) is 4.13. The fourth-order valence-electron chi connectivity index (χ4n) is 4.08. The number of carbonyl (C=O) groups excluding carboxylic acids is 1. The summed E-state index contributed by atoms with van der Waals surface area (Å²) in [6.07, 6.45) is 6.27. The molecule has 2 atom stereocenters. The van der Waals surface area contributed by atoms with Crippen LogP contribution in [0.1, 0.15) is 25.7 Å². The monoisotopic (exact) mass is 278 g/mol. The molecular formula is C16H26N2O2. The Balaban J connectivity index is 1.62. The van der Waals surface area contributed by atoms with Crippen LogP contribution in [0, 0.1) is 11.3 Å². The van der Waals surface area contributed by atoms with Crippen molar-refractivity contribution in [3.05, 3.63) is 12.7 Å². The Bertz CT molecular complexity index is 379. The minimum Gasteiger partial charge on any atom is -0.381 e. The zero-order chi connectivity index (χ0) is 14.0. The van der Waals surface area contributed by atoms with E-state index in [2.05, 4.69) is 11.5 Å². The fraction of sp³-hybridized carbons (Fsp3) is 0.812. The maximum Gasteiger partial charge on any atom is 0.230 e.